The molecule has 1 N–H and O–H groups in total. The molecule has 0 aliphatic rings. The number of rotatable bonds is 1. The predicted octanol–water partition coefficient (Wildman–Crippen LogP) is 3.34. The van der Waals surface area contributed by atoms with Gasteiger partial charge in [-0.15, -0.1) is 24.0 Å². The molecule has 13 heavy (non-hydrogen) atoms. The summed E-state index contributed by atoms with van der Waals surface area (Å²) in [6, 6.07) is 5.71. The van der Waals surface area contributed by atoms with Crippen LogP contribution in [0.3, 0.4) is 0 Å². The highest BCUT2D eigenvalue weighted by molar-refractivity contribution is 7.80. The average Bonchev–Trinajstić information content (AvgIpc) is 2.45. The summed E-state index contributed by atoms with van der Waals surface area (Å²) in [7, 11) is 0. The summed E-state index contributed by atoms with van der Waals surface area (Å²) in [5, 5.41) is 10.1. The number of aliphatic hydroxyl groups is 1. The second kappa shape index (κ2) is 3.50. The summed E-state index contributed by atoms with van der Waals surface area (Å²) in [6.07, 6.45) is 0. The van der Waals surface area contributed by atoms with Crippen LogP contribution < -0.4 is 0 Å². The maximum absolute atomic E-state index is 9.14. The highest BCUT2D eigenvalue weighted by Crippen LogP contribution is 2.34. The summed E-state index contributed by atoms with van der Waals surface area (Å²) < 4.78 is 1.83. The van der Waals surface area contributed by atoms with Gasteiger partial charge < -0.3 is 5.11 Å². The number of halogens is 1. The van der Waals surface area contributed by atoms with Crippen molar-refractivity contribution in [1.29, 1.82) is 0 Å². The molecule has 0 aliphatic heterocycles. The largest absolute Gasteiger partial charge is 0.392 e. The zero-order valence-corrected chi connectivity index (χ0v) is 9.09. The summed E-state index contributed by atoms with van der Waals surface area (Å²) in [5.74, 6) is 0. The first kappa shape index (κ1) is 9.34. The second-order valence-electron chi connectivity index (χ2n) is 2.68. The van der Waals surface area contributed by atoms with Crippen LogP contribution in [0, 0.1) is 0 Å². The van der Waals surface area contributed by atoms with Crippen LogP contribution in [0.1, 0.15) is 5.56 Å². The Morgan fingerprint density at radius 1 is 1.46 bits per heavy atom. The molecule has 0 atom stereocenters. The molecule has 2 aromatic rings. The molecule has 0 saturated heterocycles. The molecule has 1 heterocycles. The van der Waals surface area contributed by atoms with Crippen LogP contribution in [0.15, 0.2) is 23.1 Å². The Morgan fingerprint density at radius 2 is 2.23 bits per heavy atom. The van der Waals surface area contributed by atoms with Gasteiger partial charge in [0, 0.05) is 15.0 Å². The molecule has 0 saturated carbocycles. The fourth-order valence-corrected chi connectivity index (χ4v) is 2.73. The smallest absolute Gasteiger partial charge is 0.0941 e. The third-order valence-corrected chi connectivity index (χ3v) is 3.56. The van der Waals surface area contributed by atoms with Gasteiger partial charge in [0.1, 0.15) is 0 Å². The Balaban J connectivity index is 2.82. The van der Waals surface area contributed by atoms with Crippen molar-refractivity contribution in [3.05, 3.63) is 28.1 Å². The first-order chi connectivity index (χ1) is 6.22. The molecule has 68 valence electrons. The lowest BCUT2D eigenvalue weighted by atomic mass is 10.1. The lowest BCUT2D eigenvalue weighted by molar-refractivity contribution is 0.280. The Bertz CT molecular complexity index is 450. The van der Waals surface area contributed by atoms with E-state index in [1.54, 1.807) is 0 Å². The van der Waals surface area contributed by atoms with Crippen LogP contribution in [0.4, 0.5) is 0 Å². The van der Waals surface area contributed by atoms with Crippen LogP contribution in [0.2, 0.25) is 4.34 Å². The average molecular weight is 231 g/mol. The van der Waals surface area contributed by atoms with E-state index in [1.165, 1.54) is 11.3 Å². The molecule has 0 radical (unpaired) electrons. The number of benzene rings is 1. The first-order valence-corrected chi connectivity index (χ1v) is 5.37. The molecule has 2 rings (SSSR count). The third kappa shape index (κ3) is 1.57. The monoisotopic (exact) mass is 230 g/mol. The van der Waals surface area contributed by atoms with Crippen molar-refractivity contribution in [2.24, 2.45) is 0 Å². The first-order valence-electron chi connectivity index (χ1n) is 3.73. The van der Waals surface area contributed by atoms with Crippen LogP contribution in [0.5, 0.6) is 0 Å². The molecule has 1 aromatic heterocycles. The van der Waals surface area contributed by atoms with Gasteiger partial charge in [-0.3, -0.25) is 0 Å². The number of hydrogen-bond donors (Lipinski definition) is 2. The van der Waals surface area contributed by atoms with E-state index >= 15 is 0 Å². The van der Waals surface area contributed by atoms with Crippen molar-refractivity contribution in [2.75, 3.05) is 0 Å². The van der Waals surface area contributed by atoms with Crippen molar-refractivity contribution in [3.8, 4) is 0 Å². The van der Waals surface area contributed by atoms with Crippen LogP contribution in [-0.2, 0) is 6.61 Å². The van der Waals surface area contributed by atoms with E-state index in [0.717, 1.165) is 24.9 Å². The Kier molecular flexibility index (Phi) is 2.51. The van der Waals surface area contributed by atoms with Gasteiger partial charge in [-0.1, -0.05) is 11.6 Å². The summed E-state index contributed by atoms with van der Waals surface area (Å²) in [5.41, 5.74) is 0.851. The highest BCUT2D eigenvalue weighted by Gasteiger charge is 2.07. The molecule has 1 nitrogen and oxygen atoms in total. The van der Waals surface area contributed by atoms with Gasteiger partial charge in [-0.05, 0) is 23.8 Å². The molecular weight excluding hydrogens is 224 g/mol. The van der Waals surface area contributed by atoms with E-state index in [0.29, 0.717) is 0 Å². The Morgan fingerprint density at radius 3 is 2.92 bits per heavy atom. The molecule has 4 heteroatoms. The fourth-order valence-electron chi connectivity index (χ4n) is 1.29. The quantitative estimate of drug-likeness (QED) is 0.720. The van der Waals surface area contributed by atoms with Gasteiger partial charge >= 0.3 is 0 Å². The maximum Gasteiger partial charge on any atom is 0.0941 e. The van der Waals surface area contributed by atoms with Crippen LogP contribution >= 0.6 is 35.6 Å². The van der Waals surface area contributed by atoms with Gasteiger partial charge in [0.25, 0.3) is 0 Å². The molecule has 0 unspecified atom stereocenters. The van der Waals surface area contributed by atoms with E-state index < -0.39 is 0 Å². The van der Waals surface area contributed by atoms with Crippen molar-refractivity contribution in [1.82, 2.24) is 0 Å². The molecule has 0 amide bonds. The SMILES string of the molecule is OCc1c(S)ccc2sc(Cl)cc12. The topological polar surface area (TPSA) is 20.2 Å². The van der Waals surface area contributed by atoms with E-state index in [9.17, 15) is 0 Å². The summed E-state index contributed by atoms with van der Waals surface area (Å²) >= 11 is 11.7. The maximum atomic E-state index is 9.14. The van der Waals surface area contributed by atoms with Gasteiger partial charge in [0.05, 0.1) is 10.9 Å². The third-order valence-electron chi connectivity index (χ3n) is 1.92. The van der Waals surface area contributed by atoms with Gasteiger partial charge in [-0.2, -0.15) is 0 Å². The fraction of sp³-hybridized carbons (Fsp3) is 0.111. The molecule has 0 bridgehead atoms. The number of fused-ring (bicyclic) bond motifs is 1. The second-order valence-corrected chi connectivity index (χ2v) is 4.88. The number of aliphatic hydroxyl groups excluding tert-OH is 1. The standard InChI is InChI=1S/C9H7ClOS2/c10-9-3-5-6(4-11)7(12)1-2-8(5)13-9/h1-3,11-12H,4H2. The van der Waals surface area contributed by atoms with Crippen molar-refractivity contribution >= 4 is 45.7 Å². The molecule has 0 spiro atoms. The van der Waals surface area contributed by atoms with Crippen LogP contribution in [0.25, 0.3) is 10.1 Å². The lowest BCUT2D eigenvalue weighted by Crippen LogP contribution is -1.85. The zero-order chi connectivity index (χ0) is 9.42. The van der Waals surface area contributed by atoms with E-state index in [2.05, 4.69) is 12.6 Å². The van der Waals surface area contributed by atoms with E-state index in [-0.39, 0.29) is 6.61 Å². The normalized spacial score (nSPS) is 11.0. The molecule has 1 aromatic carbocycles. The lowest BCUT2D eigenvalue weighted by Gasteiger charge is -2.01. The van der Waals surface area contributed by atoms with Crippen molar-refractivity contribution in [2.45, 2.75) is 11.5 Å². The van der Waals surface area contributed by atoms with E-state index in [4.69, 9.17) is 16.7 Å². The Labute approximate surface area is 90.4 Å². The van der Waals surface area contributed by atoms with Gasteiger partial charge in [0.2, 0.25) is 0 Å². The highest BCUT2D eigenvalue weighted by atomic mass is 35.5. The number of thiol groups is 1. The molecular formula is C9H7ClOS2. The van der Waals surface area contributed by atoms with Crippen LogP contribution in [-0.4, -0.2) is 5.11 Å². The zero-order valence-electron chi connectivity index (χ0n) is 6.62. The van der Waals surface area contributed by atoms with Gasteiger partial charge in [-0.25, -0.2) is 0 Å². The minimum atomic E-state index is 0.00321. The molecule has 0 aliphatic carbocycles. The minimum Gasteiger partial charge on any atom is -0.392 e. The summed E-state index contributed by atoms with van der Waals surface area (Å²) in [4.78, 5) is 0.810. The number of hydrogen-bond acceptors (Lipinski definition) is 3. The van der Waals surface area contributed by atoms with E-state index in [1.807, 2.05) is 18.2 Å². The van der Waals surface area contributed by atoms with Crippen molar-refractivity contribution in [3.63, 3.8) is 0 Å². The Hall–Kier alpha value is -0.220. The van der Waals surface area contributed by atoms with Crippen molar-refractivity contribution < 1.29 is 5.11 Å². The predicted molar refractivity (Wildman–Crippen MR) is 60.0 cm³/mol. The molecule has 0 fully saturated rings. The summed E-state index contributed by atoms with van der Waals surface area (Å²) in [6.45, 7) is 0.00321. The number of thiophene rings is 1. The van der Waals surface area contributed by atoms with Gasteiger partial charge in [0.15, 0.2) is 0 Å². The minimum absolute atomic E-state index is 0.00321.